The van der Waals surface area contributed by atoms with Gasteiger partial charge >= 0.3 is 0 Å². The average Bonchev–Trinajstić information content (AvgIpc) is 2.67. The predicted octanol–water partition coefficient (Wildman–Crippen LogP) is 2.28. The maximum absolute atomic E-state index is 11.2. The predicted molar refractivity (Wildman–Crippen MR) is 104 cm³/mol. The van der Waals surface area contributed by atoms with Crippen LogP contribution in [0.4, 0.5) is 0 Å². The van der Waals surface area contributed by atoms with Crippen molar-refractivity contribution in [1.82, 2.24) is 5.32 Å². The van der Waals surface area contributed by atoms with Crippen molar-refractivity contribution in [1.29, 1.82) is 0 Å². The lowest BCUT2D eigenvalue weighted by Crippen LogP contribution is -2.30. The monoisotopic (exact) mass is 379 g/mol. The van der Waals surface area contributed by atoms with E-state index < -0.39 is 0 Å². The first kappa shape index (κ1) is 27.5. The lowest BCUT2D eigenvalue weighted by Gasteiger charge is -2.10. The Labute approximate surface area is 160 Å². The second-order valence-corrected chi connectivity index (χ2v) is 5.41. The van der Waals surface area contributed by atoms with E-state index in [0.29, 0.717) is 65.3 Å². The van der Waals surface area contributed by atoms with Gasteiger partial charge in [0.25, 0.3) is 0 Å². The lowest BCUT2D eigenvalue weighted by atomic mass is 10.1. The summed E-state index contributed by atoms with van der Waals surface area (Å²) in [6, 6.07) is 0. The molecule has 0 aromatic heterocycles. The lowest BCUT2D eigenvalue weighted by molar-refractivity contribution is -0.125. The summed E-state index contributed by atoms with van der Waals surface area (Å²) in [5.41, 5.74) is 0. The largest absolute Gasteiger partial charge is 0.379 e. The van der Waals surface area contributed by atoms with Crippen LogP contribution in [0.25, 0.3) is 0 Å². The molecule has 1 N–H and O–H groups in total. The van der Waals surface area contributed by atoms with Gasteiger partial charge in [-0.15, -0.1) is 0 Å². The summed E-state index contributed by atoms with van der Waals surface area (Å²) in [6.07, 6.45) is 1.14. The van der Waals surface area contributed by atoms with Gasteiger partial charge in [0.05, 0.1) is 46.2 Å². The fourth-order valence-electron chi connectivity index (χ4n) is 1.57. The van der Waals surface area contributed by atoms with Crippen molar-refractivity contribution >= 4 is 5.91 Å². The Kier molecular flexibility index (Phi) is 25.7. The Morgan fingerprint density at radius 1 is 0.808 bits per heavy atom. The van der Waals surface area contributed by atoms with Gasteiger partial charge in [0.2, 0.25) is 5.91 Å². The molecule has 0 heterocycles. The summed E-state index contributed by atoms with van der Waals surface area (Å²) in [5.74, 6) is 0.480. The standard InChI is InChI=1S/C17H35NO6.C2H6/c1-4-16(3)14-24-13-12-23-11-10-22-9-8-21-7-6-18-17(19)15-20-5-2;1-2/h16H,4-15H2,1-3H3,(H,18,19);1-2H3. The molecule has 0 spiro atoms. The fraction of sp³-hybridized carbons (Fsp3) is 0.947. The molecule has 1 amide bonds. The molecular weight excluding hydrogens is 338 g/mol. The summed E-state index contributed by atoms with van der Waals surface area (Å²) in [6.45, 7) is 15.9. The third-order valence-corrected chi connectivity index (χ3v) is 3.22. The van der Waals surface area contributed by atoms with Gasteiger partial charge in [-0.1, -0.05) is 34.1 Å². The highest BCUT2D eigenvalue weighted by Crippen LogP contribution is 1.99. The van der Waals surface area contributed by atoms with E-state index in [0.717, 1.165) is 13.0 Å². The van der Waals surface area contributed by atoms with Crippen LogP contribution < -0.4 is 5.32 Å². The highest BCUT2D eigenvalue weighted by atomic mass is 16.6. The van der Waals surface area contributed by atoms with Crippen LogP contribution in [-0.2, 0) is 28.5 Å². The molecule has 7 heteroatoms. The number of carbonyl (C=O) groups is 1. The molecule has 0 aliphatic rings. The molecule has 1 unspecified atom stereocenters. The Bertz CT molecular complexity index is 279. The Hall–Kier alpha value is -0.730. The van der Waals surface area contributed by atoms with E-state index in [9.17, 15) is 4.79 Å². The van der Waals surface area contributed by atoms with E-state index in [-0.39, 0.29) is 12.5 Å². The normalized spacial score (nSPS) is 11.6. The minimum atomic E-state index is -0.123. The Morgan fingerprint density at radius 3 is 1.81 bits per heavy atom. The summed E-state index contributed by atoms with van der Waals surface area (Å²) in [4.78, 5) is 11.2. The van der Waals surface area contributed by atoms with Crippen molar-refractivity contribution in [3.05, 3.63) is 0 Å². The maximum Gasteiger partial charge on any atom is 0.246 e. The molecule has 0 aromatic carbocycles. The average molecular weight is 380 g/mol. The van der Waals surface area contributed by atoms with Crippen LogP contribution >= 0.6 is 0 Å². The topological polar surface area (TPSA) is 75.3 Å². The highest BCUT2D eigenvalue weighted by molar-refractivity contribution is 5.77. The van der Waals surface area contributed by atoms with E-state index in [4.69, 9.17) is 23.7 Å². The number of hydrogen-bond donors (Lipinski definition) is 1. The minimum absolute atomic E-state index is 0.0995. The van der Waals surface area contributed by atoms with E-state index in [2.05, 4.69) is 19.2 Å². The highest BCUT2D eigenvalue weighted by Gasteiger charge is 1.99. The van der Waals surface area contributed by atoms with E-state index in [1.54, 1.807) is 0 Å². The number of ether oxygens (including phenoxy) is 5. The summed E-state index contributed by atoms with van der Waals surface area (Å²) < 4.78 is 26.6. The third kappa shape index (κ3) is 23.3. The SMILES string of the molecule is CC.CCOCC(=O)NCCOCCOCCOCCOCC(C)CC. The van der Waals surface area contributed by atoms with Gasteiger partial charge in [0.15, 0.2) is 0 Å². The molecule has 0 rings (SSSR count). The Balaban J connectivity index is 0. The zero-order chi connectivity index (χ0) is 19.9. The molecule has 7 nitrogen and oxygen atoms in total. The zero-order valence-corrected chi connectivity index (χ0v) is 17.5. The van der Waals surface area contributed by atoms with Gasteiger partial charge in [0, 0.05) is 19.8 Å². The van der Waals surface area contributed by atoms with Crippen LogP contribution in [0.5, 0.6) is 0 Å². The van der Waals surface area contributed by atoms with Crippen molar-refractivity contribution in [2.45, 2.75) is 41.0 Å². The second kappa shape index (κ2) is 24.3. The van der Waals surface area contributed by atoms with Gasteiger partial charge in [-0.25, -0.2) is 0 Å². The summed E-state index contributed by atoms with van der Waals surface area (Å²) >= 11 is 0. The number of rotatable bonds is 18. The number of carbonyl (C=O) groups excluding carboxylic acids is 1. The molecule has 1 atom stereocenters. The number of nitrogens with one attached hydrogen (secondary N) is 1. The van der Waals surface area contributed by atoms with Crippen LogP contribution in [0, 0.1) is 5.92 Å². The fourth-order valence-corrected chi connectivity index (χ4v) is 1.57. The van der Waals surface area contributed by atoms with Gasteiger partial charge in [-0.2, -0.15) is 0 Å². The quantitative estimate of drug-likeness (QED) is 0.368. The van der Waals surface area contributed by atoms with Crippen molar-refractivity contribution in [2.75, 3.05) is 72.6 Å². The van der Waals surface area contributed by atoms with Crippen molar-refractivity contribution in [3.63, 3.8) is 0 Å². The molecular formula is C19H41NO6. The second-order valence-electron chi connectivity index (χ2n) is 5.41. The molecule has 26 heavy (non-hydrogen) atoms. The summed E-state index contributed by atoms with van der Waals surface area (Å²) in [5, 5.41) is 2.70. The first-order valence-electron chi connectivity index (χ1n) is 9.86. The Morgan fingerprint density at radius 2 is 1.31 bits per heavy atom. The zero-order valence-electron chi connectivity index (χ0n) is 17.5. The van der Waals surface area contributed by atoms with Gasteiger partial charge in [-0.05, 0) is 12.8 Å². The van der Waals surface area contributed by atoms with Crippen LogP contribution in [0.1, 0.15) is 41.0 Å². The van der Waals surface area contributed by atoms with Crippen LogP contribution in [-0.4, -0.2) is 78.5 Å². The van der Waals surface area contributed by atoms with Crippen LogP contribution in [0.15, 0.2) is 0 Å². The van der Waals surface area contributed by atoms with Crippen LogP contribution in [0.2, 0.25) is 0 Å². The van der Waals surface area contributed by atoms with Crippen molar-refractivity contribution in [3.8, 4) is 0 Å². The number of amides is 1. The van der Waals surface area contributed by atoms with Gasteiger partial charge in [-0.3, -0.25) is 4.79 Å². The number of hydrogen-bond acceptors (Lipinski definition) is 6. The van der Waals surface area contributed by atoms with Gasteiger partial charge in [0.1, 0.15) is 6.61 Å². The summed E-state index contributed by atoms with van der Waals surface area (Å²) in [7, 11) is 0. The smallest absolute Gasteiger partial charge is 0.246 e. The van der Waals surface area contributed by atoms with Gasteiger partial charge < -0.3 is 29.0 Å². The minimum Gasteiger partial charge on any atom is -0.379 e. The van der Waals surface area contributed by atoms with Crippen molar-refractivity contribution < 1.29 is 28.5 Å². The molecule has 0 bridgehead atoms. The molecule has 0 aliphatic carbocycles. The first-order valence-corrected chi connectivity index (χ1v) is 9.86. The van der Waals surface area contributed by atoms with E-state index >= 15 is 0 Å². The molecule has 0 saturated carbocycles. The molecule has 0 fully saturated rings. The van der Waals surface area contributed by atoms with E-state index in [1.165, 1.54) is 0 Å². The molecule has 0 radical (unpaired) electrons. The molecule has 0 aliphatic heterocycles. The van der Waals surface area contributed by atoms with Crippen molar-refractivity contribution in [2.24, 2.45) is 5.92 Å². The maximum atomic E-state index is 11.2. The first-order chi connectivity index (χ1) is 12.7. The molecule has 0 aromatic rings. The van der Waals surface area contributed by atoms with E-state index in [1.807, 2.05) is 20.8 Å². The third-order valence-electron chi connectivity index (χ3n) is 3.22. The van der Waals surface area contributed by atoms with Crippen LogP contribution in [0.3, 0.4) is 0 Å². The molecule has 0 saturated heterocycles. The molecule has 158 valence electrons.